The summed E-state index contributed by atoms with van der Waals surface area (Å²) in [5.74, 6) is 1.33. The number of anilines is 1. The van der Waals surface area contributed by atoms with Crippen molar-refractivity contribution < 1.29 is 19.0 Å². The Morgan fingerprint density at radius 3 is 2.18 bits per heavy atom. The van der Waals surface area contributed by atoms with Crippen molar-refractivity contribution >= 4 is 52.6 Å². The molecule has 0 aromatic heterocycles. The maximum atomic E-state index is 13.6. The first-order chi connectivity index (χ1) is 16.0. The van der Waals surface area contributed by atoms with Crippen LogP contribution in [0, 0.1) is 0 Å². The second-order valence-electron chi connectivity index (χ2n) is 7.12. The van der Waals surface area contributed by atoms with Gasteiger partial charge in [-0.05, 0) is 47.5 Å². The third-order valence-electron chi connectivity index (χ3n) is 5.14. The lowest BCUT2D eigenvalue weighted by Crippen LogP contribution is -2.27. The molecule has 1 atom stereocenters. The van der Waals surface area contributed by atoms with Gasteiger partial charge in [0, 0.05) is 5.02 Å². The molecule has 0 spiro atoms. The number of carbonyl (C=O) groups excluding carboxylic acids is 1. The predicted octanol–water partition coefficient (Wildman–Crippen LogP) is 6.84. The van der Waals surface area contributed by atoms with Crippen molar-refractivity contribution in [3.63, 3.8) is 0 Å². The van der Waals surface area contributed by atoms with Crippen LogP contribution in [-0.2, 0) is 4.79 Å². The first kappa shape index (κ1) is 23.4. The Hall–Kier alpha value is -2.80. The van der Waals surface area contributed by atoms with Crippen molar-refractivity contribution in [3.05, 3.63) is 86.7 Å². The van der Waals surface area contributed by atoms with Crippen LogP contribution in [0.1, 0.15) is 16.5 Å². The van der Waals surface area contributed by atoms with Gasteiger partial charge >= 0.3 is 0 Å². The van der Waals surface area contributed by atoms with Crippen LogP contribution in [0.25, 0.3) is 6.08 Å². The van der Waals surface area contributed by atoms with E-state index in [1.54, 1.807) is 56.6 Å². The summed E-state index contributed by atoms with van der Waals surface area (Å²) in [5, 5.41) is 0.646. The standard InChI is InChI=1S/C25H21Cl2NO4S/c1-30-20-11-15(12-21(31-2)23(20)32-3)13-22-24(29)28(19-14-17(26)9-10-18(19)27)25(33-22)16-7-5-4-6-8-16/h4-14,25H,1-3H3/b22-13+. The van der Waals surface area contributed by atoms with Gasteiger partial charge in [-0.1, -0.05) is 65.3 Å². The van der Waals surface area contributed by atoms with Crippen molar-refractivity contribution in [1.29, 1.82) is 0 Å². The van der Waals surface area contributed by atoms with Gasteiger partial charge in [0.15, 0.2) is 11.5 Å². The van der Waals surface area contributed by atoms with Crippen LogP contribution < -0.4 is 19.1 Å². The van der Waals surface area contributed by atoms with Gasteiger partial charge in [-0.15, -0.1) is 0 Å². The molecule has 4 rings (SSSR count). The lowest BCUT2D eigenvalue weighted by atomic mass is 10.1. The number of amides is 1. The first-order valence-corrected chi connectivity index (χ1v) is 11.6. The summed E-state index contributed by atoms with van der Waals surface area (Å²) in [6, 6.07) is 18.5. The Bertz CT molecular complexity index is 1190. The van der Waals surface area contributed by atoms with Crippen LogP contribution in [0.15, 0.2) is 65.6 Å². The minimum absolute atomic E-state index is 0.174. The van der Waals surface area contributed by atoms with E-state index >= 15 is 0 Å². The molecule has 0 N–H and O–H groups in total. The number of carbonyl (C=O) groups is 1. The van der Waals surface area contributed by atoms with Crippen molar-refractivity contribution in [1.82, 2.24) is 0 Å². The normalized spacial score (nSPS) is 16.9. The number of nitrogens with zero attached hydrogens (tertiary/aromatic N) is 1. The monoisotopic (exact) mass is 501 g/mol. The Morgan fingerprint density at radius 2 is 1.58 bits per heavy atom. The summed E-state index contributed by atoms with van der Waals surface area (Å²) in [6.45, 7) is 0. The van der Waals surface area contributed by atoms with E-state index in [1.807, 2.05) is 36.4 Å². The van der Waals surface area contributed by atoms with Crippen molar-refractivity contribution in [2.75, 3.05) is 26.2 Å². The minimum Gasteiger partial charge on any atom is -0.493 e. The number of halogens is 2. The largest absolute Gasteiger partial charge is 0.493 e. The quantitative estimate of drug-likeness (QED) is 0.346. The topological polar surface area (TPSA) is 48.0 Å². The number of rotatable bonds is 6. The molecule has 170 valence electrons. The highest BCUT2D eigenvalue weighted by atomic mass is 35.5. The third-order valence-corrected chi connectivity index (χ3v) is 6.95. The smallest absolute Gasteiger partial charge is 0.266 e. The van der Waals surface area contributed by atoms with Crippen LogP contribution in [0.2, 0.25) is 10.0 Å². The molecule has 0 bridgehead atoms. The molecule has 0 aliphatic carbocycles. The minimum atomic E-state index is -0.303. The number of thioether (sulfide) groups is 1. The SMILES string of the molecule is COc1cc(/C=C2/SC(c3ccccc3)N(c3cc(Cl)ccc3Cl)C2=O)cc(OC)c1OC. The fourth-order valence-corrected chi connectivity index (χ4v) is 5.25. The molecule has 0 radical (unpaired) electrons. The molecule has 1 aliphatic rings. The van der Waals surface area contributed by atoms with Crippen LogP contribution in [0.5, 0.6) is 17.2 Å². The van der Waals surface area contributed by atoms with Gasteiger partial charge in [0.25, 0.3) is 5.91 Å². The number of ether oxygens (including phenoxy) is 3. The molecule has 1 saturated heterocycles. The maximum absolute atomic E-state index is 13.6. The molecule has 3 aromatic carbocycles. The average Bonchev–Trinajstić information content (AvgIpc) is 3.16. The molecule has 1 amide bonds. The molecule has 1 fully saturated rings. The fraction of sp³-hybridized carbons (Fsp3) is 0.160. The molecule has 0 saturated carbocycles. The zero-order chi connectivity index (χ0) is 23.5. The van der Waals surface area contributed by atoms with E-state index in [0.29, 0.717) is 37.9 Å². The maximum Gasteiger partial charge on any atom is 0.266 e. The van der Waals surface area contributed by atoms with Gasteiger partial charge in [-0.2, -0.15) is 0 Å². The second-order valence-corrected chi connectivity index (χ2v) is 9.08. The summed E-state index contributed by atoms with van der Waals surface area (Å²) in [5.41, 5.74) is 2.27. The van der Waals surface area contributed by atoms with Gasteiger partial charge in [-0.25, -0.2) is 0 Å². The molecule has 1 aliphatic heterocycles. The summed E-state index contributed by atoms with van der Waals surface area (Å²) in [4.78, 5) is 15.9. The number of hydrogen-bond acceptors (Lipinski definition) is 5. The van der Waals surface area contributed by atoms with E-state index < -0.39 is 0 Å². The molecule has 5 nitrogen and oxygen atoms in total. The highest BCUT2D eigenvalue weighted by molar-refractivity contribution is 8.05. The van der Waals surface area contributed by atoms with Crippen molar-refractivity contribution in [2.24, 2.45) is 0 Å². The molecule has 3 aromatic rings. The number of methoxy groups -OCH3 is 3. The van der Waals surface area contributed by atoms with Crippen LogP contribution in [0.4, 0.5) is 5.69 Å². The van der Waals surface area contributed by atoms with E-state index in [0.717, 1.165) is 11.1 Å². The Labute approximate surface area is 206 Å². The highest BCUT2D eigenvalue weighted by Gasteiger charge is 2.39. The van der Waals surface area contributed by atoms with E-state index in [2.05, 4.69) is 0 Å². The zero-order valence-electron chi connectivity index (χ0n) is 18.2. The number of hydrogen-bond donors (Lipinski definition) is 0. The first-order valence-electron chi connectivity index (χ1n) is 9.98. The van der Waals surface area contributed by atoms with Crippen LogP contribution in [-0.4, -0.2) is 27.2 Å². The molecule has 1 unspecified atom stereocenters. The third kappa shape index (κ3) is 4.64. The molecule has 33 heavy (non-hydrogen) atoms. The summed E-state index contributed by atoms with van der Waals surface area (Å²) < 4.78 is 16.3. The lowest BCUT2D eigenvalue weighted by Gasteiger charge is -2.24. The van der Waals surface area contributed by atoms with E-state index in [-0.39, 0.29) is 11.3 Å². The van der Waals surface area contributed by atoms with E-state index in [1.165, 1.54) is 11.8 Å². The summed E-state index contributed by atoms with van der Waals surface area (Å²) >= 11 is 14.2. The Morgan fingerprint density at radius 1 is 0.909 bits per heavy atom. The lowest BCUT2D eigenvalue weighted by molar-refractivity contribution is -0.114. The van der Waals surface area contributed by atoms with Gasteiger partial charge in [0.1, 0.15) is 5.37 Å². The van der Waals surface area contributed by atoms with Gasteiger partial charge < -0.3 is 14.2 Å². The summed E-state index contributed by atoms with van der Waals surface area (Å²) in [7, 11) is 4.65. The molecular weight excluding hydrogens is 481 g/mol. The van der Waals surface area contributed by atoms with E-state index in [4.69, 9.17) is 37.4 Å². The highest BCUT2D eigenvalue weighted by Crippen LogP contribution is 2.50. The summed E-state index contributed by atoms with van der Waals surface area (Å²) in [6.07, 6.45) is 1.81. The molecule has 8 heteroatoms. The van der Waals surface area contributed by atoms with Gasteiger partial charge in [-0.3, -0.25) is 9.69 Å². The van der Waals surface area contributed by atoms with Crippen LogP contribution in [0.3, 0.4) is 0 Å². The van der Waals surface area contributed by atoms with Crippen LogP contribution >= 0.6 is 35.0 Å². The second kappa shape index (κ2) is 10.00. The van der Waals surface area contributed by atoms with E-state index in [9.17, 15) is 4.79 Å². The van der Waals surface area contributed by atoms with Crippen molar-refractivity contribution in [3.8, 4) is 17.2 Å². The van der Waals surface area contributed by atoms with Gasteiger partial charge in [0.2, 0.25) is 5.75 Å². The Kier molecular flexibility index (Phi) is 7.08. The molecule has 1 heterocycles. The average molecular weight is 502 g/mol. The Balaban J connectivity index is 1.82. The predicted molar refractivity (Wildman–Crippen MR) is 135 cm³/mol. The van der Waals surface area contributed by atoms with Crippen molar-refractivity contribution in [2.45, 2.75) is 5.37 Å². The molecular formula is C25H21Cl2NO4S. The van der Waals surface area contributed by atoms with Gasteiger partial charge in [0.05, 0.1) is 36.9 Å². The fourth-order valence-electron chi connectivity index (χ4n) is 3.62. The number of benzene rings is 3. The zero-order valence-corrected chi connectivity index (χ0v) is 20.5.